The molecule has 9 heteroatoms. The zero-order chi connectivity index (χ0) is 38.8. The Morgan fingerprint density at radius 2 is 0.983 bits per heavy atom. The van der Waals surface area contributed by atoms with Crippen molar-refractivity contribution in [1.29, 1.82) is 0 Å². The summed E-state index contributed by atoms with van der Waals surface area (Å²) in [5, 5.41) is 3.75. The van der Waals surface area contributed by atoms with Crippen LogP contribution in [-0.2, 0) is 6.42 Å². The van der Waals surface area contributed by atoms with Gasteiger partial charge in [-0.1, -0.05) is 68.5 Å². The number of aromatic nitrogens is 4. The number of hydrogen-bond acceptors (Lipinski definition) is 5. The number of fused-ring (bicyclic) bond motifs is 4. The fourth-order valence-electron chi connectivity index (χ4n) is 8.20. The molecule has 2 aromatic heterocycles. The number of halogens is 2. The molecule has 0 radical (unpaired) electrons. The van der Waals surface area contributed by atoms with E-state index in [4.69, 9.17) is 21.4 Å². The maximum atomic E-state index is 6.41. The van der Waals surface area contributed by atoms with Crippen molar-refractivity contribution in [3.8, 4) is 11.4 Å². The minimum Gasteiger partial charge on any atom is -1.00 e. The summed E-state index contributed by atoms with van der Waals surface area (Å²) in [5.41, 5.74) is 31.9. The molecule has 0 atom stereocenters. The number of rotatable bonds is 13. The van der Waals surface area contributed by atoms with Crippen LogP contribution in [0.25, 0.3) is 55.5 Å². The van der Waals surface area contributed by atoms with Crippen LogP contribution in [0.5, 0.6) is 0 Å². The van der Waals surface area contributed by atoms with Crippen LogP contribution in [0, 0.1) is 27.7 Å². The number of nitrogens with zero attached hydrogens (tertiary/aromatic N) is 4. The second-order valence-corrected chi connectivity index (χ2v) is 15.5. The highest BCUT2D eigenvalue weighted by atomic mass is 35.5. The third-order valence-electron chi connectivity index (χ3n) is 11.5. The third kappa shape index (κ3) is 8.52. The highest BCUT2D eigenvalue weighted by molar-refractivity contribution is 5.89. The predicted molar refractivity (Wildman–Crippen MR) is 234 cm³/mol. The lowest BCUT2D eigenvalue weighted by Gasteiger charge is -2.13. The first-order chi connectivity index (χ1) is 27.3. The average molecular weight is 811 g/mol. The van der Waals surface area contributed by atoms with Crippen LogP contribution in [-0.4, -0.2) is 16.5 Å². The lowest BCUT2D eigenvalue weighted by atomic mass is 9.99. The van der Waals surface area contributed by atoms with Crippen LogP contribution in [0.1, 0.15) is 72.8 Å². The van der Waals surface area contributed by atoms with Crippen LogP contribution in [0.15, 0.2) is 109 Å². The smallest absolute Gasteiger partial charge is 0.242 e. The van der Waals surface area contributed by atoms with Gasteiger partial charge in [0.25, 0.3) is 0 Å². The monoisotopic (exact) mass is 809 g/mol. The molecule has 0 bridgehead atoms. The molecular weight excluding hydrogens is 757 g/mol. The second kappa shape index (κ2) is 18.4. The zero-order valence-corrected chi connectivity index (χ0v) is 35.5. The van der Waals surface area contributed by atoms with E-state index in [1.54, 1.807) is 0 Å². The topological polar surface area (TPSA) is 97.6 Å². The van der Waals surface area contributed by atoms with Crippen molar-refractivity contribution in [2.24, 2.45) is 0 Å². The molecule has 0 unspecified atom stereocenters. The zero-order valence-electron chi connectivity index (χ0n) is 34.0. The van der Waals surface area contributed by atoms with Crippen molar-refractivity contribution in [2.45, 2.75) is 79.1 Å². The van der Waals surface area contributed by atoms with Crippen molar-refractivity contribution >= 4 is 61.2 Å². The first kappa shape index (κ1) is 42.1. The number of aryl methyl sites for hydroxylation is 5. The molecule has 0 spiro atoms. The van der Waals surface area contributed by atoms with Crippen molar-refractivity contribution in [3.63, 3.8) is 0 Å². The molecule has 58 heavy (non-hydrogen) atoms. The van der Waals surface area contributed by atoms with E-state index < -0.39 is 0 Å². The third-order valence-corrected chi connectivity index (χ3v) is 11.5. The van der Waals surface area contributed by atoms with Crippen molar-refractivity contribution in [3.05, 3.63) is 137 Å². The Kier molecular flexibility index (Phi) is 13.4. The van der Waals surface area contributed by atoms with Crippen LogP contribution in [0.3, 0.4) is 0 Å². The van der Waals surface area contributed by atoms with Gasteiger partial charge in [-0.05, 0) is 99.5 Å². The van der Waals surface area contributed by atoms with Crippen molar-refractivity contribution < 1.29 is 33.9 Å². The number of nitrogen functional groups attached to an aromatic ring is 2. The van der Waals surface area contributed by atoms with E-state index in [0.29, 0.717) is 0 Å². The normalized spacial score (nSPS) is 11.2. The standard InChI is InChI=1S/C49H51N7.2ClH/c1-32-26-43-46(55(37-19-13-10-14-20-37)47-30-39(50)33(2)27-44(47)54-43)29-36(32)18-12-8-6-5-7-9-17-25-52-41-23-24-42-49(35(41)4)56(38-21-15-11-16-22-38)48-31-40(51)34(3)28-45(48)53-42;;/h10-11,13-16,19-24,26-31,50H,5-9,12,17-18,25H2,1-4H3,(H2,51,52);2*1H. The van der Waals surface area contributed by atoms with E-state index in [1.165, 1.54) is 55.2 Å². The van der Waals surface area contributed by atoms with Crippen molar-refractivity contribution in [1.82, 2.24) is 9.97 Å². The largest absolute Gasteiger partial charge is 1.00 e. The van der Waals surface area contributed by atoms with Gasteiger partial charge in [-0.3, -0.25) is 0 Å². The summed E-state index contributed by atoms with van der Waals surface area (Å²) in [5.74, 6) is 0. The summed E-state index contributed by atoms with van der Waals surface area (Å²) < 4.78 is 4.64. The molecule has 0 fully saturated rings. The summed E-state index contributed by atoms with van der Waals surface area (Å²) in [6.45, 7) is 9.46. The summed E-state index contributed by atoms with van der Waals surface area (Å²) in [6, 6.07) is 38.4. The summed E-state index contributed by atoms with van der Waals surface area (Å²) in [6.07, 6.45) is 9.67. The van der Waals surface area contributed by atoms with Crippen LogP contribution >= 0.6 is 0 Å². The fourth-order valence-corrected chi connectivity index (χ4v) is 8.20. The first-order valence-electron chi connectivity index (χ1n) is 20.2. The van der Waals surface area contributed by atoms with Gasteiger partial charge >= 0.3 is 0 Å². The molecule has 0 aliphatic heterocycles. The predicted octanol–water partition coefficient (Wildman–Crippen LogP) is 4.43. The van der Waals surface area contributed by atoms with E-state index in [1.807, 2.05) is 13.8 Å². The van der Waals surface area contributed by atoms with Gasteiger partial charge in [0.1, 0.15) is 22.1 Å². The first-order valence-corrected chi connectivity index (χ1v) is 20.2. The maximum Gasteiger partial charge on any atom is 0.242 e. The Bertz CT molecular complexity index is 2690. The summed E-state index contributed by atoms with van der Waals surface area (Å²) >= 11 is 0. The summed E-state index contributed by atoms with van der Waals surface area (Å²) in [4.78, 5) is 10.2. The van der Waals surface area contributed by atoms with Gasteiger partial charge < -0.3 is 41.6 Å². The van der Waals surface area contributed by atoms with Gasteiger partial charge in [0.15, 0.2) is 0 Å². The van der Waals surface area contributed by atoms with Crippen LogP contribution in [0.4, 0.5) is 17.1 Å². The van der Waals surface area contributed by atoms with E-state index in [2.05, 4.69) is 137 Å². The summed E-state index contributed by atoms with van der Waals surface area (Å²) in [7, 11) is 0. The highest BCUT2D eigenvalue weighted by Gasteiger charge is 2.24. The Morgan fingerprint density at radius 3 is 1.59 bits per heavy atom. The number of anilines is 3. The lowest BCUT2D eigenvalue weighted by molar-refractivity contribution is -0.538. The lowest BCUT2D eigenvalue weighted by Crippen LogP contribution is -3.00. The van der Waals surface area contributed by atoms with Gasteiger partial charge in [0, 0.05) is 71.6 Å². The van der Waals surface area contributed by atoms with Gasteiger partial charge in [0.05, 0.1) is 0 Å². The molecule has 8 rings (SSSR count). The number of benzene rings is 6. The Balaban J connectivity index is 0.00000283. The van der Waals surface area contributed by atoms with E-state index in [0.717, 1.165) is 103 Å². The molecule has 7 nitrogen and oxygen atoms in total. The highest BCUT2D eigenvalue weighted by Crippen LogP contribution is 2.29. The fraction of sp³-hybridized carbons (Fsp3) is 0.265. The van der Waals surface area contributed by atoms with Gasteiger partial charge in [-0.15, -0.1) is 9.13 Å². The molecule has 0 saturated heterocycles. The SMILES string of the molecule is Cc1cc2nc3cc(C)c(CCCCCCCCCNc4ccc5nc6cc(C)c(N)cc6[n+](-c6ccccc6)c5c4C)cc3[n+](-c3ccccc3)c2cc1N.[Cl-].[Cl-]. The molecule has 0 aliphatic rings. The Hall–Kier alpha value is -5.50. The van der Waals surface area contributed by atoms with Gasteiger partial charge in [0.2, 0.25) is 33.4 Å². The molecule has 8 aromatic rings. The van der Waals surface area contributed by atoms with Gasteiger partial charge in [-0.25, -0.2) is 9.97 Å². The van der Waals surface area contributed by atoms with E-state index in [9.17, 15) is 0 Å². The second-order valence-electron chi connectivity index (χ2n) is 15.5. The van der Waals surface area contributed by atoms with Crippen molar-refractivity contribution in [2.75, 3.05) is 23.3 Å². The molecule has 0 aliphatic carbocycles. The van der Waals surface area contributed by atoms with E-state index >= 15 is 0 Å². The number of nitrogens with one attached hydrogen (secondary N) is 1. The number of nitrogens with two attached hydrogens (primary N) is 2. The maximum absolute atomic E-state index is 6.41. The molecule has 2 heterocycles. The number of hydrogen-bond donors (Lipinski definition) is 3. The van der Waals surface area contributed by atoms with Crippen LogP contribution < -0.4 is 50.7 Å². The van der Waals surface area contributed by atoms with E-state index in [-0.39, 0.29) is 24.8 Å². The quantitative estimate of drug-likeness (QED) is 0.0694. The minimum atomic E-state index is 0. The minimum absolute atomic E-state index is 0. The number of para-hydroxylation sites is 2. The van der Waals surface area contributed by atoms with Gasteiger partial charge in [-0.2, -0.15) is 0 Å². The molecule has 0 saturated carbocycles. The van der Waals surface area contributed by atoms with Crippen LogP contribution in [0.2, 0.25) is 0 Å². The molecule has 298 valence electrons. The molecular formula is C49H53Cl2N7. The molecule has 0 amide bonds. The molecule has 6 aromatic carbocycles. The molecule has 5 N–H and O–H groups in total. The average Bonchev–Trinajstić information content (AvgIpc) is 3.20. The Labute approximate surface area is 354 Å². The number of unbranched alkanes of at least 4 members (excludes halogenated alkanes) is 6. The Morgan fingerprint density at radius 1 is 0.500 bits per heavy atom.